The predicted octanol–water partition coefficient (Wildman–Crippen LogP) is 4.54. The van der Waals surface area contributed by atoms with Crippen LogP contribution in [-0.2, 0) is 16.4 Å². The molecule has 1 aliphatic rings. The zero-order chi connectivity index (χ0) is 27.4. The average Bonchev–Trinajstić information content (AvgIpc) is 3.47. The van der Waals surface area contributed by atoms with Gasteiger partial charge in [-0.3, -0.25) is 9.59 Å². The van der Waals surface area contributed by atoms with Crippen LogP contribution in [0.4, 0.5) is 5.00 Å². The van der Waals surface area contributed by atoms with Crippen molar-refractivity contribution in [2.24, 2.45) is 5.73 Å². The van der Waals surface area contributed by atoms with E-state index < -0.39 is 21.8 Å². The lowest BCUT2D eigenvalue weighted by Crippen LogP contribution is -2.32. The molecular formula is C27H31N3O6S2. The molecule has 4 rings (SSSR count). The van der Waals surface area contributed by atoms with Crippen LogP contribution in [0, 0.1) is 6.92 Å². The van der Waals surface area contributed by atoms with Gasteiger partial charge in [0.25, 0.3) is 11.8 Å². The van der Waals surface area contributed by atoms with E-state index in [-0.39, 0.29) is 22.8 Å². The third-order valence-electron chi connectivity index (χ3n) is 6.22. The summed E-state index contributed by atoms with van der Waals surface area (Å²) in [5.74, 6) is 0.244. The van der Waals surface area contributed by atoms with E-state index in [0.29, 0.717) is 54.4 Å². The maximum absolute atomic E-state index is 13.0. The van der Waals surface area contributed by atoms with E-state index in [1.807, 2.05) is 32.0 Å². The topological polar surface area (TPSA) is 128 Å². The zero-order valence-electron chi connectivity index (χ0n) is 21.6. The maximum Gasteiger partial charge on any atom is 0.256 e. The normalized spacial score (nSPS) is 12.6. The van der Waals surface area contributed by atoms with Gasteiger partial charge in [-0.1, -0.05) is 19.9 Å². The Kier molecular flexibility index (Phi) is 8.39. The molecule has 0 atom stereocenters. The number of carbonyl (C=O) groups is 2. The minimum atomic E-state index is -3.65. The molecule has 202 valence electrons. The van der Waals surface area contributed by atoms with Gasteiger partial charge >= 0.3 is 0 Å². The lowest BCUT2D eigenvalue weighted by atomic mass is 10.1. The van der Waals surface area contributed by atoms with Gasteiger partial charge in [-0.2, -0.15) is 4.31 Å². The second kappa shape index (κ2) is 11.5. The van der Waals surface area contributed by atoms with Crippen molar-refractivity contribution in [2.45, 2.75) is 44.9 Å². The van der Waals surface area contributed by atoms with Crippen LogP contribution in [-0.4, -0.2) is 44.4 Å². The van der Waals surface area contributed by atoms with Gasteiger partial charge < -0.3 is 20.5 Å². The second-order valence-corrected chi connectivity index (χ2v) is 12.0. The summed E-state index contributed by atoms with van der Waals surface area (Å²) in [4.78, 5) is 26.3. The summed E-state index contributed by atoms with van der Waals surface area (Å²) in [6, 6.07) is 11.5. The molecule has 0 spiro atoms. The lowest BCUT2D eigenvalue weighted by Gasteiger charge is -2.21. The molecule has 11 heteroatoms. The van der Waals surface area contributed by atoms with E-state index in [2.05, 4.69) is 5.32 Å². The number of rotatable bonds is 11. The Balaban J connectivity index is 1.54. The van der Waals surface area contributed by atoms with Crippen molar-refractivity contribution in [1.82, 2.24) is 4.31 Å². The van der Waals surface area contributed by atoms with Crippen molar-refractivity contribution in [1.29, 1.82) is 0 Å². The molecule has 38 heavy (non-hydrogen) atoms. The molecule has 3 N–H and O–H groups in total. The van der Waals surface area contributed by atoms with Gasteiger partial charge in [0.2, 0.25) is 16.8 Å². The van der Waals surface area contributed by atoms with Crippen molar-refractivity contribution < 1.29 is 27.5 Å². The van der Waals surface area contributed by atoms with Gasteiger partial charge in [0.15, 0.2) is 11.5 Å². The molecule has 0 saturated heterocycles. The Bertz CT molecular complexity index is 1440. The van der Waals surface area contributed by atoms with Crippen LogP contribution in [0.15, 0.2) is 47.4 Å². The van der Waals surface area contributed by atoms with Crippen LogP contribution in [0.2, 0.25) is 0 Å². The number of hydrogen-bond acceptors (Lipinski definition) is 7. The van der Waals surface area contributed by atoms with E-state index in [1.54, 1.807) is 6.92 Å². The molecule has 0 saturated carbocycles. The summed E-state index contributed by atoms with van der Waals surface area (Å²) in [6.07, 6.45) is 1.93. The molecular weight excluding hydrogens is 526 g/mol. The smallest absolute Gasteiger partial charge is 0.256 e. The number of anilines is 1. The van der Waals surface area contributed by atoms with Gasteiger partial charge in [0, 0.05) is 30.0 Å². The van der Waals surface area contributed by atoms with Gasteiger partial charge in [-0.15, -0.1) is 11.3 Å². The van der Waals surface area contributed by atoms with Crippen LogP contribution in [0.5, 0.6) is 11.5 Å². The summed E-state index contributed by atoms with van der Waals surface area (Å²) < 4.78 is 38.3. The number of carbonyl (C=O) groups excluding carboxylic acids is 2. The van der Waals surface area contributed by atoms with Crippen LogP contribution >= 0.6 is 11.3 Å². The summed E-state index contributed by atoms with van der Waals surface area (Å²) in [6.45, 7) is 6.70. The zero-order valence-corrected chi connectivity index (χ0v) is 23.2. The predicted molar refractivity (Wildman–Crippen MR) is 147 cm³/mol. The van der Waals surface area contributed by atoms with Gasteiger partial charge in [0.05, 0.1) is 10.5 Å². The van der Waals surface area contributed by atoms with E-state index >= 15 is 0 Å². The number of nitrogens with zero attached hydrogens (tertiary/aromatic N) is 1. The van der Waals surface area contributed by atoms with E-state index in [0.717, 1.165) is 10.4 Å². The summed E-state index contributed by atoms with van der Waals surface area (Å²) >= 11 is 1.28. The minimum Gasteiger partial charge on any atom is -0.454 e. The lowest BCUT2D eigenvalue weighted by molar-refractivity contribution is 0.100. The number of nitrogens with one attached hydrogen (secondary N) is 1. The van der Waals surface area contributed by atoms with Crippen molar-refractivity contribution >= 4 is 38.2 Å². The maximum atomic E-state index is 13.0. The quantitative estimate of drug-likeness (QED) is 0.356. The number of sulfonamides is 1. The van der Waals surface area contributed by atoms with Crippen molar-refractivity contribution in [3.8, 4) is 11.5 Å². The first-order valence-corrected chi connectivity index (χ1v) is 14.6. The summed E-state index contributed by atoms with van der Waals surface area (Å²) in [5, 5.41) is 3.14. The van der Waals surface area contributed by atoms with Gasteiger partial charge in [0.1, 0.15) is 5.00 Å². The number of amides is 2. The van der Waals surface area contributed by atoms with E-state index in [9.17, 15) is 18.0 Å². The first-order chi connectivity index (χ1) is 18.1. The van der Waals surface area contributed by atoms with Crippen LogP contribution in [0.25, 0.3) is 0 Å². The average molecular weight is 558 g/mol. The van der Waals surface area contributed by atoms with E-state index in [1.165, 1.54) is 39.9 Å². The molecule has 2 amide bonds. The third kappa shape index (κ3) is 5.69. The van der Waals surface area contributed by atoms with Gasteiger partial charge in [-0.05, 0) is 67.3 Å². The minimum absolute atomic E-state index is 0.131. The highest BCUT2D eigenvalue weighted by molar-refractivity contribution is 7.89. The molecule has 0 unspecified atom stereocenters. The fourth-order valence-corrected chi connectivity index (χ4v) is 7.17. The second-order valence-electron chi connectivity index (χ2n) is 8.97. The molecule has 1 aliphatic heterocycles. The molecule has 0 fully saturated rings. The number of fused-ring (bicyclic) bond motifs is 1. The number of nitrogens with two attached hydrogens (primary N) is 1. The molecule has 0 bridgehead atoms. The molecule has 9 nitrogen and oxygen atoms in total. The third-order valence-corrected chi connectivity index (χ3v) is 9.34. The Morgan fingerprint density at radius 1 is 1.03 bits per heavy atom. The summed E-state index contributed by atoms with van der Waals surface area (Å²) in [7, 11) is -3.65. The van der Waals surface area contributed by atoms with E-state index in [4.69, 9.17) is 15.2 Å². The SMILES string of the molecule is CCCN(CCC)S(=O)(=O)c1ccc(C(=O)Nc2sc(Cc3ccc4c(c3)OCO4)c(C)c2C(N)=O)cc1. The first-order valence-electron chi connectivity index (χ1n) is 12.4. The number of primary amides is 1. The highest BCUT2D eigenvalue weighted by atomic mass is 32.2. The van der Waals surface area contributed by atoms with Crippen molar-refractivity contribution in [3.05, 3.63) is 69.6 Å². The Labute approximate surface area is 226 Å². The molecule has 0 radical (unpaired) electrons. The largest absolute Gasteiger partial charge is 0.454 e. The first kappa shape index (κ1) is 27.6. The van der Waals surface area contributed by atoms with Crippen LogP contribution in [0.3, 0.4) is 0 Å². The monoisotopic (exact) mass is 557 g/mol. The number of hydrogen-bond donors (Lipinski definition) is 2. The number of thiophene rings is 1. The standard InChI is InChI=1S/C27H31N3O6S2/c1-4-12-30(13-5-2)38(33,34)20-9-7-19(8-10-20)26(32)29-27-24(25(28)31)17(3)23(37-27)15-18-6-11-21-22(14-18)36-16-35-21/h6-11,14H,4-5,12-13,15-16H2,1-3H3,(H2,28,31)(H,29,32). The van der Waals surface area contributed by atoms with Gasteiger partial charge in [-0.25, -0.2) is 8.42 Å². The van der Waals surface area contributed by atoms with Crippen LogP contribution < -0.4 is 20.5 Å². The molecule has 1 aromatic heterocycles. The molecule has 2 heterocycles. The number of ether oxygens (including phenoxy) is 2. The fourth-order valence-electron chi connectivity index (χ4n) is 4.30. The highest BCUT2D eigenvalue weighted by Gasteiger charge is 2.25. The molecule has 0 aliphatic carbocycles. The Hall–Kier alpha value is -3.41. The fraction of sp³-hybridized carbons (Fsp3) is 0.333. The number of benzene rings is 2. The highest BCUT2D eigenvalue weighted by Crippen LogP contribution is 2.37. The summed E-state index contributed by atoms with van der Waals surface area (Å²) in [5.41, 5.74) is 7.85. The van der Waals surface area contributed by atoms with Crippen molar-refractivity contribution in [2.75, 3.05) is 25.2 Å². The van der Waals surface area contributed by atoms with Crippen LogP contribution in [0.1, 0.15) is 63.4 Å². The molecule has 2 aromatic carbocycles. The molecule has 3 aromatic rings. The van der Waals surface area contributed by atoms with Crippen molar-refractivity contribution in [3.63, 3.8) is 0 Å². The Morgan fingerprint density at radius 2 is 1.68 bits per heavy atom. The Morgan fingerprint density at radius 3 is 2.32 bits per heavy atom.